The second kappa shape index (κ2) is 7.46. The summed E-state index contributed by atoms with van der Waals surface area (Å²) in [7, 11) is 2.06. The summed E-state index contributed by atoms with van der Waals surface area (Å²) in [5.41, 5.74) is -0.419. The van der Waals surface area contributed by atoms with E-state index in [2.05, 4.69) is 11.9 Å². The van der Waals surface area contributed by atoms with Gasteiger partial charge in [-0.2, -0.15) is 0 Å². The molecule has 0 amide bonds. The van der Waals surface area contributed by atoms with Crippen molar-refractivity contribution in [2.45, 2.75) is 26.2 Å². The zero-order chi connectivity index (χ0) is 15.1. The van der Waals surface area contributed by atoms with Crippen molar-refractivity contribution < 1.29 is 14.3 Å². The molecule has 2 rings (SSSR count). The highest BCUT2D eigenvalue weighted by Crippen LogP contribution is 2.34. The van der Waals surface area contributed by atoms with Gasteiger partial charge in [0.1, 0.15) is 5.75 Å². The molecular weight excluding hydrogens is 266 g/mol. The standard InChI is InChI=1S/C17H25NO3/c1-3-20-16(19)17(10-7-12-18(2)14-17)11-13-21-15-8-5-4-6-9-15/h4-6,8-9H,3,7,10-14H2,1-2H3. The highest BCUT2D eigenvalue weighted by atomic mass is 16.5. The number of rotatable bonds is 6. The first-order valence-corrected chi connectivity index (χ1v) is 7.70. The van der Waals surface area contributed by atoms with Gasteiger partial charge >= 0.3 is 5.97 Å². The fraction of sp³-hybridized carbons (Fsp3) is 0.588. The summed E-state index contributed by atoms with van der Waals surface area (Å²) in [5.74, 6) is 0.772. The lowest BCUT2D eigenvalue weighted by atomic mass is 9.77. The number of piperidine rings is 1. The number of nitrogens with zero attached hydrogens (tertiary/aromatic N) is 1. The zero-order valence-corrected chi connectivity index (χ0v) is 13.0. The van der Waals surface area contributed by atoms with Crippen LogP contribution in [0.3, 0.4) is 0 Å². The number of likely N-dealkylation sites (tertiary alicyclic amines) is 1. The van der Waals surface area contributed by atoms with Crippen LogP contribution in [-0.4, -0.2) is 44.2 Å². The Hall–Kier alpha value is -1.55. The molecule has 4 nitrogen and oxygen atoms in total. The lowest BCUT2D eigenvalue weighted by Crippen LogP contribution is -2.47. The highest BCUT2D eigenvalue weighted by molar-refractivity contribution is 5.77. The Kier molecular flexibility index (Phi) is 5.62. The average Bonchev–Trinajstić information content (AvgIpc) is 2.48. The van der Waals surface area contributed by atoms with Gasteiger partial charge in [0.2, 0.25) is 0 Å². The molecule has 1 saturated heterocycles. The second-order valence-corrected chi connectivity index (χ2v) is 5.75. The molecule has 21 heavy (non-hydrogen) atoms. The number of hydrogen-bond donors (Lipinski definition) is 0. The third-order valence-electron chi connectivity index (χ3n) is 4.07. The Morgan fingerprint density at radius 1 is 1.33 bits per heavy atom. The fourth-order valence-electron chi connectivity index (χ4n) is 3.00. The molecule has 1 fully saturated rings. The number of carbonyl (C=O) groups is 1. The predicted octanol–water partition coefficient (Wildman–Crippen LogP) is 2.73. The molecule has 0 radical (unpaired) electrons. The van der Waals surface area contributed by atoms with Crippen LogP contribution < -0.4 is 4.74 Å². The van der Waals surface area contributed by atoms with Crippen LogP contribution in [0.2, 0.25) is 0 Å². The molecule has 116 valence electrons. The molecule has 1 aromatic rings. The lowest BCUT2D eigenvalue weighted by molar-refractivity contribution is -0.160. The minimum atomic E-state index is -0.419. The van der Waals surface area contributed by atoms with Crippen LogP contribution >= 0.6 is 0 Å². The molecule has 1 aliphatic rings. The SMILES string of the molecule is CCOC(=O)C1(CCOc2ccccc2)CCCN(C)C1. The molecule has 0 spiro atoms. The van der Waals surface area contributed by atoms with E-state index in [0.29, 0.717) is 19.6 Å². The molecule has 1 heterocycles. The van der Waals surface area contributed by atoms with Gasteiger partial charge < -0.3 is 14.4 Å². The number of benzene rings is 1. The maximum atomic E-state index is 12.4. The quantitative estimate of drug-likeness (QED) is 0.755. The first kappa shape index (κ1) is 15.8. The highest BCUT2D eigenvalue weighted by Gasteiger charge is 2.42. The molecular formula is C17H25NO3. The van der Waals surface area contributed by atoms with E-state index in [9.17, 15) is 4.79 Å². The van der Waals surface area contributed by atoms with E-state index >= 15 is 0 Å². The van der Waals surface area contributed by atoms with Gasteiger partial charge in [-0.25, -0.2) is 0 Å². The summed E-state index contributed by atoms with van der Waals surface area (Å²) in [5, 5.41) is 0. The van der Waals surface area contributed by atoms with Crippen molar-refractivity contribution in [1.82, 2.24) is 4.90 Å². The van der Waals surface area contributed by atoms with E-state index < -0.39 is 5.41 Å². The first-order chi connectivity index (χ1) is 10.2. The Labute approximate surface area is 127 Å². The van der Waals surface area contributed by atoms with Gasteiger partial charge in [-0.1, -0.05) is 18.2 Å². The first-order valence-electron chi connectivity index (χ1n) is 7.70. The lowest BCUT2D eigenvalue weighted by Gasteiger charge is -2.39. The smallest absolute Gasteiger partial charge is 0.313 e. The van der Waals surface area contributed by atoms with Gasteiger partial charge in [0.05, 0.1) is 18.6 Å². The Bertz CT molecular complexity index is 449. The van der Waals surface area contributed by atoms with Crippen LogP contribution in [0.5, 0.6) is 5.75 Å². The van der Waals surface area contributed by atoms with E-state index in [1.54, 1.807) is 0 Å². The average molecular weight is 291 g/mol. The number of ether oxygens (including phenoxy) is 2. The van der Waals surface area contributed by atoms with Crippen molar-refractivity contribution in [2.24, 2.45) is 5.41 Å². The van der Waals surface area contributed by atoms with Crippen molar-refractivity contribution in [3.05, 3.63) is 30.3 Å². The van der Waals surface area contributed by atoms with E-state index in [0.717, 1.165) is 31.7 Å². The van der Waals surface area contributed by atoms with Crippen LogP contribution in [0.15, 0.2) is 30.3 Å². The minimum absolute atomic E-state index is 0.0757. The normalized spacial score (nSPS) is 22.8. The monoisotopic (exact) mass is 291 g/mol. The molecule has 1 atom stereocenters. The van der Waals surface area contributed by atoms with E-state index in [1.165, 1.54) is 0 Å². The van der Waals surface area contributed by atoms with Crippen LogP contribution in [0.1, 0.15) is 26.2 Å². The summed E-state index contributed by atoms with van der Waals surface area (Å²) in [6.45, 7) is 4.63. The topological polar surface area (TPSA) is 38.8 Å². The molecule has 0 bridgehead atoms. The number of para-hydroxylation sites is 1. The largest absolute Gasteiger partial charge is 0.494 e. The van der Waals surface area contributed by atoms with E-state index in [-0.39, 0.29) is 5.97 Å². The summed E-state index contributed by atoms with van der Waals surface area (Å²) >= 11 is 0. The Morgan fingerprint density at radius 3 is 2.76 bits per heavy atom. The van der Waals surface area contributed by atoms with Crippen LogP contribution in [0.25, 0.3) is 0 Å². The molecule has 0 saturated carbocycles. The molecule has 1 aromatic carbocycles. The summed E-state index contributed by atoms with van der Waals surface area (Å²) in [6, 6.07) is 9.73. The number of carbonyl (C=O) groups excluding carboxylic acids is 1. The predicted molar refractivity (Wildman–Crippen MR) is 82.4 cm³/mol. The minimum Gasteiger partial charge on any atom is -0.494 e. The van der Waals surface area contributed by atoms with E-state index in [4.69, 9.17) is 9.47 Å². The maximum absolute atomic E-state index is 12.4. The zero-order valence-electron chi connectivity index (χ0n) is 13.0. The third kappa shape index (κ3) is 4.21. The van der Waals surface area contributed by atoms with Crippen LogP contribution in [0.4, 0.5) is 0 Å². The maximum Gasteiger partial charge on any atom is 0.313 e. The molecule has 0 N–H and O–H groups in total. The van der Waals surface area contributed by atoms with Crippen molar-refractivity contribution in [3.8, 4) is 5.75 Å². The van der Waals surface area contributed by atoms with Crippen molar-refractivity contribution in [1.29, 1.82) is 0 Å². The van der Waals surface area contributed by atoms with Gasteiger partial charge in [-0.15, -0.1) is 0 Å². The molecule has 0 aromatic heterocycles. The van der Waals surface area contributed by atoms with Gasteiger partial charge in [0.15, 0.2) is 0 Å². The molecule has 1 unspecified atom stereocenters. The summed E-state index contributed by atoms with van der Waals surface area (Å²) < 4.78 is 11.1. The summed E-state index contributed by atoms with van der Waals surface area (Å²) in [4.78, 5) is 14.6. The fourth-order valence-corrected chi connectivity index (χ4v) is 3.00. The second-order valence-electron chi connectivity index (χ2n) is 5.75. The van der Waals surface area contributed by atoms with Gasteiger partial charge in [0.25, 0.3) is 0 Å². The molecule has 0 aliphatic carbocycles. The summed E-state index contributed by atoms with van der Waals surface area (Å²) in [6.07, 6.45) is 2.61. The van der Waals surface area contributed by atoms with Crippen molar-refractivity contribution in [3.63, 3.8) is 0 Å². The molecule has 1 aliphatic heterocycles. The Morgan fingerprint density at radius 2 is 2.10 bits per heavy atom. The number of hydrogen-bond acceptors (Lipinski definition) is 4. The van der Waals surface area contributed by atoms with Gasteiger partial charge in [-0.05, 0) is 51.9 Å². The van der Waals surface area contributed by atoms with Crippen LogP contribution in [-0.2, 0) is 9.53 Å². The van der Waals surface area contributed by atoms with Crippen molar-refractivity contribution >= 4 is 5.97 Å². The van der Waals surface area contributed by atoms with Gasteiger partial charge in [-0.3, -0.25) is 4.79 Å². The Balaban J connectivity index is 1.97. The van der Waals surface area contributed by atoms with E-state index in [1.807, 2.05) is 37.3 Å². The van der Waals surface area contributed by atoms with Crippen LogP contribution in [0, 0.1) is 5.41 Å². The molecule has 4 heteroatoms. The third-order valence-corrected chi connectivity index (χ3v) is 4.07. The van der Waals surface area contributed by atoms with Crippen molar-refractivity contribution in [2.75, 3.05) is 33.4 Å². The van der Waals surface area contributed by atoms with Gasteiger partial charge in [0, 0.05) is 6.54 Å². The number of esters is 1.